The molecule has 0 aromatic carbocycles. The van der Waals surface area contributed by atoms with E-state index in [4.69, 9.17) is 5.11 Å². The van der Waals surface area contributed by atoms with Gasteiger partial charge in [0.05, 0.1) is 6.61 Å². The van der Waals surface area contributed by atoms with Gasteiger partial charge in [-0.15, -0.1) is 0 Å². The SMILES string of the molecule is O=C(NCC1(CO)CC1)c1ccc[nH]c1=O. The van der Waals surface area contributed by atoms with Gasteiger partial charge in [-0.1, -0.05) is 0 Å². The number of amides is 1. The number of aliphatic hydroxyl groups is 1. The summed E-state index contributed by atoms with van der Waals surface area (Å²) in [6.45, 7) is 0.509. The minimum absolute atomic E-state index is 0.0818. The Morgan fingerprint density at radius 1 is 1.56 bits per heavy atom. The van der Waals surface area contributed by atoms with Crippen LogP contribution in [0.2, 0.25) is 0 Å². The van der Waals surface area contributed by atoms with Gasteiger partial charge >= 0.3 is 0 Å². The molecule has 1 aromatic heterocycles. The average molecular weight is 222 g/mol. The second-order valence-electron chi connectivity index (χ2n) is 4.25. The molecule has 1 amide bonds. The Labute approximate surface area is 92.5 Å². The third-order valence-electron chi connectivity index (χ3n) is 2.98. The molecule has 1 aliphatic carbocycles. The predicted octanol–water partition coefficient (Wildman–Crippen LogP) is -0.123. The van der Waals surface area contributed by atoms with Gasteiger partial charge in [-0.2, -0.15) is 0 Å². The number of aromatic amines is 1. The molecule has 1 saturated carbocycles. The van der Waals surface area contributed by atoms with Gasteiger partial charge in [0.1, 0.15) is 5.56 Å². The largest absolute Gasteiger partial charge is 0.396 e. The van der Waals surface area contributed by atoms with Gasteiger partial charge in [0.15, 0.2) is 0 Å². The van der Waals surface area contributed by atoms with Crippen LogP contribution in [0.1, 0.15) is 23.2 Å². The predicted molar refractivity (Wildman–Crippen MR) is 58.1 cm³/mol. The molecule has 1 aliphatic rings. The standard InChI is InChI=1S/C11H14N2O3/c14-7-11(3-4-11)6-13-10(16)8-2-1-5-12-9(8)15/h1-2,5,14H,3-4,6-7H2,(H,12,15)(H,13,16). The van der Waals surface area contributed by atoms with Crippen LogP contribution in [0.5, 0.6) is 0 Å². The minimum atomic E-state index is -0.395. The van der Waals surface area contributed by atoms with E-state index in [9.17, 15) is 9.59 Å². The number of pyridine rings is 1. The highest BCUT2D eigenvalue weighted by molar-refractivity contribution is 5.93. The summed E-state index contributed by atoms with van der Waals surface area (Å²) >= 11 is 0. The van der Waals surface area contributed by atoms with Crippen molar-refractivity contribution in [2.45, 2.75) is 12.8 Å². The Bertz CT molecular complexity index is 449. The van der Waals surface area contributed by atoms with Crippen molar-refractivity contribution in [2.24, 2.45) is 5.41 Å². The molecule has 16 heavy (non-hydrogen) atoms. The van der Waals surface area contributed by atoms with Crippen molar-refractivity contribution >= 4 is 5.91 Å². The molecule has 0 spiro atoms. The van der Waals surface area contributed by atoms with E-state index in [2.05, 4.69) is 10.3 Å². The zero-order valence-corrected chi connectivity index (χ0v) is 8.82. The molecule has 0 bridgehead atoms. The highest BCUT2D eigenvalue weighted by Crippen LogP contribution is 2.44. The first kappa shape index (κ1) is 10.9. The van der Waals surface area contributed by atoms with Gasteiger partial charge in [0, 0.05) is 18.2 Å². The van der Waals surface area contributed by atoms with E-state index in [0.717, 1.165) is 12.8 Å². The Morgan fingerprint density at radius 2 is 2.31 bits per heavy atom. The molecule has 1 heterocycles. The normalized spacial score (nSPS) is 16.8. The Morgan fingerprint density at radius 3 is 2.88 bits per heavy atom. The molecule has 86 valence electrons. The summed E-state index contributed by atoms with van der Waals surface area (Å²) in [5.41, 5.74) is -0.429. The van der Waals surface area contributed by atoms with Gasteiger partial charge in [0.25, 0.3) is 11.5 Å². The van der Waals surface area contributed by atoms with Crippen LogP contribution in [0.25, 0.3) is 0 Å². The van der Waals surface area contributed by atoms with Crippen LogP contribution in [0.15, 0.2) is 23.1 Å². The molecule has 1 fully saturated rings. The van der Waals surface area contributed by atoms with E-state index in [-0.39, 0.29) is 23.5 Å². The van der Waals surface area contributed by atoms with Crippen molar-refractivity contribution in [3.8, 4) is 0 Å². The van der Waals surface area contributed by atoms with Gasteiger partial charge in [-0.3, -0.25) is 9.59 Å². The summed E-state index contributed by atoms with van der Waals surface area (Å²) in [4.78, 5) is 25.4. The van der Waals surface area contributed by atoms with Crippen LogP contribution in [0, 0.1) is 5.41 Å². The summed E-state index contributed by atoms with van der Waals surface area (Å²) < 4.78 is 0. The molecule has 3 N–H and O–H groups in total. The third kappa shape index (κ3) is 2.14. The van der Waals surface area contributed by atoms with E-state index < -0.39 is 5.56 Å². The summed E-state index contributed by atoms with van der Waals surface area (Å²) in [5, 5.41) is 11.7. The summed E-state index contributed by atoms with van der Waals surface area (Å²) in [6, 6.07) is 3.09. The van der Waals surface area contributed by atoms with E-state index >= 15 is 0 Å². The van der Waals surface area contributed by atoms with Crippen molar-refractivity contribution in [1.29, 1.82) is 0 Å². The lowest BCUT2D eigenvalue weighted by Gasteiger charge is -2.12. The average Bonchev–Trinajstić information content (AvgIpc) is 3.07. The molecule has 0 unspecified atom stereocenters. The zero-order valence-electron chi connectivity index (χ0n) is 8.82. The fraction of sp³-hybridized carbons (Fsp3) is 0.455. The number of carbonyl (C=O) groups is 1. The Hall–Kier alpha value is -1.62. The monoisotopic (exact) mass is 222 g/mol. The lowest BCUT2D eigenvalue weighted by Crippen LogP contribution is -2.34. The van der Waals surface area contributed by atoms with Crippen molar-refractivity contribution in [3.05, 3.63) is 34.2 Å². The quantitative estimate of drug-likeness (QED) is 0.664. The van der Waals surface area contributed by atoms with Crippen LogP contribution in [-0.4, -0.2) is 29.1 Å². The number of carbonyl (C=O) groups excluding carboxylic acids is 1. The topological polar surface area (TPSA) is 82.2 Å². The molecule has 0 saturated heterocycles. The third-order valence-corrected chi connectivity index (χ3v) is 2.98. The molecular weight excluding hydrogens is 208 g/mol. The number of H-pyrrole nitrogens is 1. The maximum atomic E-state index is 11.6. The van der Waals surface area contributed by atoms with Gasteiger partial charge in [0.2, 0.25) is 0 Å². The van der Waals surface area contributed by atoms with Crippen LogP contribution in [0.3, 0.4) is 0 Å². The van der Waals surface area contributed by atoms with Gasteiger partial charge < -0.3 is 15.4 Å². The fourth-order valence-electron chi connectivity index (χ4n) is 1.53. The maximum absolute atomic E-state index is 11.6. The van der Waals surface area contributed by atoms with Gasteiger partial charge in [-0.25, -0.2) is 0 Å². The van der Waals surface area contributed by atoms with Crippen LogP contribution in [0.4, 0.5) is 0 Å². The molecule has 0 atom stereocenters. The second kappa shape index (κ2) is 4.09. The van der Waals surface area contributed by atoms with Crippen LogP contribution >= 0.6 is 0 Å². The number of aliphatic hydroxyl groups excluding tert-OH is 1. The van der Waals surface area contributed by atoms with E-state index in [1.165, 1.54) is 12.3 Å². The first-order chi connectivity index (χ1) is 7.67. The first-order valence-corrected chi connectivity index (χ1v) is 5.24. The lowest BCUT2D eigenvalue weighted by atomic mass is 10.1. The highest BCUT2D eigenvalue weighted by Gasteiger charge is 2.42. The molecule has 0 radical (unpaired) electrons. The molecule has 5 heteroatoms. The van der Waals surface area contributed by atoms with Crippen molar-refractivity contribution < 1.29 is 9.90 Å². The van der Waals surface area contributed by atoms with E-state index in [1.54, 1.807) is 6.07 Å². The number of nitrogens with one attached hydrogen (secondary N) is 2. The number of hydrogen-bond acceptors (Lipinski definition) is 3. The first-order valence-electron chi connectivity index (χ1n) is 5.24. The van der Waals surface area contributed by atoms with E-state index in [0.29, 0.717) is 6.54 Å². The van der Waals surface area contributed by atoms with Crippen molar-refractivity contribution in [1.82, 2.24) is 10.3 Å². The Balaban J connectivity index is 1.99. The Kier molecular flexibility index (Phi) is 2.78. The second-order valence-corrected chi connectivity index (χ2v) is 4.25. The molecular formula is C11H14N2O3. The number of aromatic nitrogens is 1. The van der Waals surface area contributed by atoms with Crippen LogP contribution in [-0.2, 0) is 0 Å². The maximum Gasteiger partial charge on any atom is 0.260 e. The summed E-state index contributed by atoms with van der Waals surface area (Å²) in [6.07, 6.45) is 3.33. The fourth-order valence-corrected chi connectivity index (χ4v) is 1.53. The number of hydrogen-bond donors (Lipinski definition) is 3. The molecule has 2 rings (SSSR count). The van der Waals surface area contributed by atoms with E-state index in [1.807, 2.05) is 0 Å². The van der Waals surface area contributed by atoms with Crippen molar-refractivity contribution in [3.63, 3.8) is 0 Å². The van der Waals surface area contributed by atoms with Crippen LogP contribution < -0.4 is 10.9 Å². The molecule has 0 aliphatic heterocycles. The zero-order chi connectivity index (χ0) is 11.6. The molecule has 1 aromatic rings. The lowest BCUT2D eigenvalue weighted by molar-refractivity contribution is 0.0933. The highest BCUT2D eigenvalue weighted by atomic mass is 16.3. The van der Waals surface area contributed by atoms with Gasteiger partial charge in [-0.05, 0) is 25.0 Å². The smallest absolute Gasteiger partial charge is 0.260 e. The number of rotatable bonds is 4. The minimum Gasteiger partial charge on any atom is -0.396 e. The van der Waals surface area contributed by atoms with Crippen molar-refractivity contribution in [2.75, 3.05) is 13.2 Å². The summed E-state index contributed by atoms with van der Waals surface area (Å²) in [7, 11) is 0. The summed E-state index contributed by atoms with van der Waals surface area (Å²) in [5.74, 6) is -0.387. The molecule has 5 nitrogen and oxygen atoms in total.